The van der Waals surface area contributed by atoms with E-state index in [1.54, 1.807) is 0 Å². The molecule has 0 fully saturated rings. The van der Waals surface area contributed by atoms with Gasteiger partial charge in [0.1, 0.15) is 5.75 Å². The molecule has 0 amide bonds. The Kier molecular flexibility index (Phi) is 4.84. The quantitative estimate of drug-likeness (QED) is 0.893. The van der Waals surface area contributed by atoms with Crippen molar-refractivity contribution in [3.8, 4) is 5.75 Å². The molecular weight excluding hydrogens is 314 g/mol. The van der Waals surface area contributed by atoms with Gasteiger partial charge in [0.2, 0.25) is 0 Å². The van der Waals surface area contributed by atoms with E-state index in [1.807, 2.05) is 25.1 Å². The van der Waals surface area contributed by atoms with Crippen molar-refractivity contribution in [2.24, 2.45) is 5.73 Å². The van der Waals surface area contributed by atoms with E-state index >= 15 is 0 Å². The Labute approximate surface area is 129 Å². The highest BCUT2D eigenvalue weighted by Crippen LogP contribution is 2.32. The van der Waals surface area contributed by atoms with Crippen LogP contribution < -0.4 is 10.5 Å². The number of hydrogen-bond donors (Lipinski definition) is 1. The first-order valence-electron chi connectivity index (χ1n) is 6.78. The highest BCUT2D eigenvalue weighted by molar-refractivity contribution is 9.10. The van der Waals surface area contributed by atoms with Crippen LogP contribution in [-0.4, -0.2) is 6.61 Å². The normalized spacial score (nSPS) is 12.2. The predicted octanol–water partition coefficient (Wildman–Crippen LogP) is 4.51. The van der Waals surface area contributed by atoms with Gasteiger partial charge in [0.15, 0.2) is 0 Å². The Hall–Kier alpha value is -1.32. The third-order valence-corrected chi connectivity index (χ3v) is 3.86. The Morgan fingerprint density at radius 3 is 2.50 bits per heavy atom. The van der Waals surface area contributed by atoms with Crippen molar-refractivity contribution in [2.45, 2.75) is 26.8 Å². The van der Waals surface area contributed by atoms with Crippen molar-refractivity contribution in [1.29, 1.82) is 0 Å². The minimum absolute atomic E-state index is 0.186. The topological polar surface area (TPSA) is 35.2 Å². The molecule has 106 valence electrons. The molecule has 0 heterocycles. The van der Waals surface area contributed by atoms with Crippen molar-refractivity contribution in [2.75, 3.05) is 6.61 Å². The summed E-state index contributed by atoms with van der Waals surface area (Å²) in [7, 11) is 0. The number of rotatable bonds is 4. The van der Waals surface area contributed by atoms with Gasteiger partial charge in [0.05, 0.1) is 12.6 Å². The van der Waals surface area contributed by atoms with Crippen molar-refractivity contribution < 1.29 is 4.74 Å². The van der Waals surface area contributed by atoms with E-state index < -0.39 is 0 Å². The van der Waals surface area contributed by atoms with E-state index in [2.05, 4.69) is 48.0 Å². The molecule has 3 heteroatoms. The monoisotopic (exact) mass is 333 g/mol. The van der Waals surface area contributed by atoms with E-state index in [9.17, 15) is 0 Å². The zero-order valence-electron chi connectivity index (χ0n) is 12.1. The maximum absolute atomic E-state index is 6.47. The fourth-order valence-corrected chi connectivity index (χ4v) is 2.77. The molecule has 1 atom stereocenters. The Balaban J connectivity index is 2.46. The second-order valence-electron chi connectivity index (χ2n) is 4.95. The van der Waals surface area contributed by atoms with Crippen LogP contribution in [0.2, 0.25) is 0 Å². The van der Waals surface area contributed by atoms with Crippen molar-refractivity contribution in [3.63, 3.8) is 0 Å². The maximum Gasteiger partial charge on any atom is 0.124 e. The average molecular weight is 334 g/mol. The zero-order valence-corrected chi connectivity index (χ0v) is 13.7. The predicted molar refractivity (Wildman–Crippen MR) is 87.3 cm³/mol. The van der Waals surface area contributed by atoms with Crippen molar-refractivity contribution in [1.82, 2.24) is 0 Å². The van der Waals surface area contributed by atoms with Crippen molar-refractivity contribution >= 4 is 15.9 Å². The molecule has 2 aromatic carbocycles. The molecule has 2 aromatic rings. The van der Waals surface area contributed by atoms with Crippen LogP contribution in [0.25, 0.3) is 0 Å². The first-order chi connectivity index (χ1) is 9.52. The van der Waals surface area contributed by atoms with Crippen molar-refractivity contribution in [3.05, 3.63) is 63.1 Å². The summed E-state index contributed by atoms with van der Waals surface area (Å²) in [6.07, 6.45) is 0. The lowest BCUT2D eigenvalue weighted by Crippen LogP contribution is -2.15. The van der Waals surface area contributed by atoms with Crippen LogP contribution in [-0.2, 0) is 0 Å². The summed E-state index contributed by atoms with van der Waals surface area (Å²) >= 11 is 3.51. The van der Waals surface area contributed by atoms with Crippen LogP contribution in [0.3, 0.4) is 0 Å². The van der Waals surface area contributed by atoms with Gasteiger partial charge in [0.25, 0.3) is 0 Å². The highest BCUT2D eigenvalue weighted by atomic mass is 79.9. The average Bonchev–Trinajstić information content (AvgIpc) is 2.40. The SMILES string of the molecule is CCOc1ccc(Br)cc1C(N)c1ccc(C)cc1C. The van der Waals surface area contributed by atoms with Gasteiger partial charge in [-0.25, -0.2) is 0 Å². The lowest BCUT2D eigenvalue weighted by Gasteiger charge is -2.19. The largest absolute Gasteiger partial charge is 0.494 e. The first kappa shape index (κ1) is 15.1. The molecule has 0 aliphatic carbocycles. The zero-order chi connectivity index (χ0) is 14.7. The fourth-order valence-electron chi connectivity index (χ4n) is 2.39. The van der Waals surface area contributed by atoms with Gasteiger partial charge in [-0.1, -0.05) is 39.7 Å². The Morgan fingerprint density at radius 1 is 1.10 bits per heavy atom. The molecule has 0 saturated heterocycles. The molecule has 0 saturated carbocycles. The second-order valence-corrected chi connectivity index (χ2v) is 5.87. The minimum Gasteiger partial charge on any atom is -0.494 e. The molecule has 1 unspecified atom stereocenters. The number of benzene rings is 2. The molecule has 0 aliphatic heterocycles. The molecule has 0 radical (unpaired) electrons. The number of halogens is 1. The summed E-state index contributed by atoms with van der Waals surface area (Å²) in [5, 5.41) is 0. The van der Waals surface area contributed by atoms with E-state index in [-0.39, 0.29) is 6.04 Å². The molecule has 0 aliphatic rings. The van der Waals surface area contributed by atoms with E-state index in [1.165, 1.54) is 11.1 Å². The number of nitrogens with two attached hydrogens (primary N) is 1. The lowest BCUT2D eigenvalue weighted by atomic mass is 9.94. The molecule has 0 spiro atoms. The van der Waals surface area contributed by atoms with Crippen LogP contribution >= 0.6 is 15.9 Å². The molecule has 2 rings (SSSR count). The number of ether oxygens (including phenoxy) is 1. The van der Waals surface area contributed by atoms with Gasteiger partial charge in [-0.3, -0.25) is 0 Å². The van der Waals surface area contributed by atoms with E-state index in [0.717, 1.165) is 21.3 Å². The van der Waals surface area contributed by atoms with Gasteiger partial charge >= 0.3 is 0 Å². The van der Waals surface area contributed by atoms with Gasteiger partial charge in [-0.15, -0.1) is 0 Å². The minimum atomic E-state index is -0.186. The number of hydrogen-bond acceptors (Lipinski definition) is 2. The first-order valence-corrected chi connectivity index (χ1v) is 7.57. The van der Waals surface area contributed by atoms with Crippen LogP contribution in [0.5, 0.6) is 5.75 Å². The molecular formula is C17H20BrNO. The summed E-state index contributed by atoms with van der Waals surface area (Å²) in [4.78, 5) is 0. The van der Waals surface area contributed by atoms with Crippen LogP contribution in [0.4, 0.5) is 0 Å². The third kappa shape index (κ3) is 3.22. The van der Waals surface area contributed by atoms with E-state index in [0.29, 0.717) is 6.61 Å². The fraction of sp³-hybridized carbons (Fsp3) is 0.294. The second kappa shape index (κ2) is 6.42. The molecule has 20 heavy (non-hydrogen) atoms. The lowest BCUT2D eigenvalue weighted by molar-refractivity contribution is 0.335. The summed E-state index contributed by atoms with van der Waals surface area (Å²) in [5.74, 6) is 0.850. The summed E-state index contributed by atoms with van der Waals surface area (Å²) < 4.78 is 6.71. The van der Waals surface area contributed by atoms with Gasteiger partial charge in [-0.05, 0) is 50.1 Å². The van der Waals surface area contributed by atoms with Crippen LogP contribution in [0.15, 0.2) is 40.9 Å². The smallest absolute Gasteiger partial charge is 0.124 e. The number of aryl methyl sites for hydroxylation is 2. The third-order valence-electron chi connectivity index (χ3n) is 3.37. The summed E-state index contributed by atoms with van der Waals surface area (Å²) in [6.45, 7) is 6.80. The Bertz CT molecular complexity index is 610. The molecule has 0 bridgehead atoms. The maximum atomic E-state index is 6.47. The molecule has 2 N–H and O–H groups in total. The van der Waals surface area contributed by atoms with E-state index in [4.69, 9.17) is 10.5 Å². The van der Waals surface area contributed by atoms with Crippen LogP contribution in [0.1, 0.15) is 35.2 Å². The standard InChI is InChI=1S/C17H20BrNO/c1-4-20-16-8-6-13(18)10-15(16)17(19)14-7-5-11(2)9-12(14)3/h5-10,17H,4,19H2,1-3H3. The highest BCUT2D eigenvalue weighted by Gasteiger charge is 2.16. The van der Waals surface area contributed by atoms with Gasteiger partial charge in [0, 0.05) is 10.0 Å². The van der Waals surface area contributed by atoms with Gasteiger partial charge < -0.3 is 10.5 Å². The molecule has 2 nitrogen and oxygen atoms in total. The summed E-state index contributed by atoms with van der Waals surface area (Å²) in [6, 6.07) is 12.2. The molecule has 0 aromatic heterocycles. The van der Waals surface area contributed by atoms with Gasteiger partial charge in [-0.2, -0.15) is 0 Å². The van der Waals surface area contributed by atoms with Crippen LogP contribution in [0, 0.1) is 13.8 Å². The Morgan fingerprint density at radius 2 is 1.85 bits per heavy atom. The summed E-state index contributed by atoms with van der Waals surface area (Å²) in [5.41, 5.74) is 11.1.